The predicted molar refractivity (Wildman–Crippen MR) is 73.5 cm³/mol. The molecule has 0 aromatic heterocycles. The van der Waals surface area contributed by atoms with Crippen LogP contribution in [0.4, 0.5) is 0 Å². The second-order valence-corrected chi connectivity index (χ2v) is 4.26. The predicted octanol–water partition coefficient (Wildman–Crippen LogP) is 4.95. The number of unbranched alkanes of at least 4 members (excludes halogenated alkanes) is 6. The molecule has 0 rings (SSSR count). The molecule has 0 heterocycles. The molecule has 0 aliphatic carbocycles. The first-order valence-electron chi connectivity index (χ1n) is 6.17. The molecule has 0 nitrogen and oxygen atoms in total. The zero-order valence-corrected chi connectivity index (χ0v) is 12.1. The average Bonchev–Trinajstić information content (AvgIpc) is 2.17. The van der Waals surface area contributed by atoms with Crippen LogP contribution in [0.1, 0.15) is 68.1 Å². The van der Waals surface area contributed by atoms with E-state index in [0.29, 0.717) is 5.92 Å². The van der Waals surface area contributed by atoms with Crippen LogP contribution in [0.3, 0.4) is 0 Å². The molecule has 0 N–H and O–H groups in total. The van der Waals surface area contributed by atoms with Crippen molar-refractivity contribution >= 4 is 23.1 Å². The summed E-state index contributed by atoms with van der Waals surface area (Å²) in [5.41, 5.74) is 2.86. The molecule has 1 unspecified atom stereocenters. The van der Waals surface area contributed by atoms with Crippen LogP contribution in [0.15, 0.2) is 18.4 Å². The van der Waals surface area contributed by atoms with Crippen molar-refractivity contribution in [1.29, 1.82) is 0 Å². The molecule has 1 heteroatoms. The maximum atomic E-state index is 3.60. The van der Waals surface area contributed by atoms with E-state index in [4.69, 9.17) is 0 Å². The SMILES string of the molecule is C=C=CC(C)CCCCCCCCC.[H-].[H-].[Mg+2]. The Morgan fingerprint density at radius 3 is 2.20 bits per heavy atom. The Morgan fingerprint density at radius 2 is 1.67 bits per heavy atom. The molecule has 0 amide bonds. The molecular weight excluding hydrogens is 192 g/mol. The summed E-state index contributed by atoms with van der Waals surface area (Å²) in [6.45, 7) is 8.11. The van der Waals surface area contributed by atoms with Crippen molar-refractivity contribution in [1.82, 2.24) is 0 Å². The van der Waals surface area contributed by atoms with Crippen molar-refractivity contribution in [3.63, 3.8) is 0 Å². The van der Waals surface area contributed by atoms with Crippen LogP contribution >= 0.6 is 0 Å². The molecule has 0 aliphatic rings. The van der Waals surface area contributed by atoms with Gasteiger partial charge < -0.3 is 2.85 Å². The van der Waals surface area contributed by atoms with Crippen LogP contribution in [-0.4, -0.2) is 23.1 Å². The Balaban J connectivity index is -0.000000282. The minimum absolute atomic E-state index is 0. The molecule has 0 fully saturated rings. The minimum atomic E-state index is 0. The van der Waals surface area contributed by atoms with E-state index in [0.717, 1.165) is 0 Å². The Bertz CT molecular complexity index is 166. The molecule has 86 valence electrons. The second kappa shape index (κ2) is 14.3. The summed E-state index contributed by atoms with van der Waals surface area (Å²) in [7, 11) is 0. The normalized spacial score (nSPS) is 11.3. The van der Waals surface area contributed by atoms with Gasteiger partial charge in [0.25, 0.3) is 0 Å². The number of hydrogen-bond donors (Lipinski definition) is 0. The van der Waals surface area contributed by atoms with Gasteiger partial charge in [0.2, 0.25) is 0 Å². The van der Waals surface area contributed by atoms with E-state index >= 15 is 0 Å². The van der Waals surface area contributed by atoms with Crippen LogP contribution in [0.2, 0.25) is 0 Å². The Kier molecular flexibility index (Phi) is 16.8. The first-order valence-corrected chi connectivity index (χ1v) is 6.17. The third kappa shape index (κ3) is 14.3. The van der Waals surface area contributed by atoms with Crippen molar-refractivity contribution in [3.8, 4) is 0 Å². The zero-order valence-electron chi connectivity index (χ0n) is 12.7. The van der Waals surface area contributed by atoms with E-state index in [2.05, 4.69) is 32.2 Å². The molecule has 0 bridgehead atoms. The van der Waals surface area contributed by atoms with E-state index in [-0.39, 0.29) is 25.9 Å². The van der Waals surface area contributed by atoms with Crippen LogP contribution in [0.5, 0.6) is 0 Å². The van der Waals surface area contributed by atoms with Crippen LogP contribution < -0.4 is 0 Å². The summed E-state index contributed by atoms with van der Waals surface area (Å²) in [5, 5.41) is 0. The molecule has 0 radical (unpaired) electrons. The molecule has 0 aliphatic heterocycles. The van der Waals surface area contributed by atoms with Gasteiger partial charge in [-0.1, -0.05) is 65.4 Å². The van der Waals surface area contributed by atoms with E-state index in [1.54, 1.807) is 0 Å². The summed E-state index contributed by atoms with van der Waals surface area (Å²) in [5.74, 6) is 0.670. The van der Waals surface area contributed by atoms with Gasteiger partial charge in [0.15, 0.2) is 0 Å². The molecular formula is C14H28Mg. The number of rotatable bonds is 9. The largest absolute Gasteiger partial charge is 2.00 e. The Morgan fingerprint density at radius 1 is 1.13 bits per heavy atom. The van der Waals surface area contributed by atoms with Gasteiger partial charge >= 0.3 is 23.1 Å². The molecule has 0 saturated heterocycles. The maximum absolute atomic E-state index is 3.60. The van der Waals surface area contributed by atoms with Gasteiger partial charge in [0.05, 0.1) is 0 Å². The average molecular weight is 221 g/mol. The molecule has 15 heavy (non-hydrogen) atoms. The fourth-order valence-corrected chi connectivity index (χ4v) is 1.71. The Labute approximate surface area is 115 Å². The van der Waals surface area contributed by atoms with Crippen molar-refractivity contribution in [2.75, 3.05) is 0 Å². The smallest absolute Gasteiger partial charge is 1.00 e. The third-order valence-electron chi connectivity index (χ3n) is 2.67. The summed E-state index contributed by atoms with van der Waals surface area (Å²) in [6.07, 6.45) is 13.2. The fraction of sp³-hybridized carbons (Fsp3) is 0.786. The quantitative estimate of drug-likeness (QED) is 0.293. The first-order chi connectivity index (χ1) is 6.81. The van der Waals surface area contributed by atoms with Crippen molar-refractivity contribution < 1.29 is 2.85 Å². The number of allylic oxidation sites excluding steroid dienone is 1. The van der Waals surface area contributed by atoms with Gasteiger partial charge in [-0.3, -0.25) is 0 Å². The van der Waals surface area contributed by atoms with Gasteiger partial charge in [-0.25, -0.2) is 0 Å². The topological polar surface area (TPSA) is 0 Å². The molecule has 0 aromatic carbocycles. The molecule has 0 aromatic rings. The van der Waals surface area contributed by atoms with Crippen molar-refractivity contribution in [3.05, 3.63) is 18.4 Å². The van der Waals surface area contributed by atoms with Gasteiger partial charge in [-0.15, -0.1) is 5.73 Å². The summed E-state index contributed by atoms with van der Waals surface area (Å²) in [4.78, 5) is 0. The Hall–Kier alpha value is 0.286. The van der Waals surface area contributed by atoms with E-state index in [1.165, 1.54) is 51.4 Å². The fourth-order valence-electron chi connectivity index (χ4n) is 1.71. The summed E-state index contributed by atoms with van der Waals surface area (Å²) in [6, 6.07) is 0. The molecule has 1 atom stereocenters. The number of hydrogen-bond acceptors (Lipinski definition) is 0. The second-order valence-electron chi connectivity index (χ2n) is 4.26. The van der Waals surface area contributed by atoms with Crippen molar-refractivity contribution in [2.45, 2.75) is 65.2 Å². The summed E-state index contributed by atoms with van der Waals surface area (Å²) < 4.78 is 0. The van der Waals surface area contributed by atoms with Gasteiger partial charge in [-0.05, 0) is 18.4 Å². The first kappa shape index (κ1) is 17.7. The monoisotopic (exact) mass is 220 g/mol. The third-order valence-corrected chi connectivity index (χ3v) is 2.67. The molecule has 0 saturated carbocycles. The van der Waals surface area contributed by atoms with Gasteiger partial charge in [0.1, 0.15) is 0 Å². The zero-order chi connectivity index (χ0) is 10.6. The summed E-state index contributed by atoms with van der Waals surface area (Å²) >= 11 is 0. The van der Waals surface area contributed by atoms with Gasteiger partial charge in [0, 0.05) is 0 Å². The van der Waals surface area contributed by atoms with Crippen LogP contribution in [-0.2, 0) is 0 Å². The van der Waals surface area contributed by atoms with E-state index in [1.807, 2.05) is 0 Å². The standard InChI is InChI=1S/C14H26.Mg.2H/c1-4-6-7-8-9-10-11-13-14(3)12-5-2;;;/h12,14H,2,4,6-11,13H2,1,3H3;;;/q;+2;2*-1. The van der Waals surface area contributed by atoms with Crippen LogP contribution in [0, 0.1) is 5.92 Å². The molecule has 0 spiro atoms. The van der Waals surface area contributed by atoms with E-state index < -0.39 is 0 Å². The van der Waals surface area contributed by atoms with E-state index in [9.17, 15) is 0 Å². The van der Waals surface area contributed by atoms with Crippen LogP contribution in [0.25, 0.3) is 0 Å². The minimum Gasteiger partial charge on any atom is -1.00 e. The maximum Gasteiger partial charge on any atom is 2.00 e. The van der Waals surface area contributed by atoms with Crippen molar-refractivity contribution in [2.24, 2.45) is 5.92 Å². The van der Waals surface area contributed by atoms with Gasteiger partial charge in [-0.2, -0.15) is 0 Å².